The van der Waals surface area contributed by atoms with Crippen molar-refractivity contribution in [1.29, 1.82) is 0 Å². The minimum Gasteiger partial charge on any atom is -0.389 e. The smallest absolute Gasteiger partial charge is 0.243 e. The summed E-state index contributed by atoms with van der Waals surface area (Å²) in [5.74, 6) is 0.817. The fourth-order valence-corrected chi connectivity index (χ4v) is 4.98. The molecule has 0 atom stereocenters. The molecule has 0 aliphatic carbocycles. The average molecular weight is 345 g/mol. The Kier molecular flexibility index (Phi) is 4.97. The Labute approximate surface area is 136 Å². The third kappa shape index (κ3) is 3.97. The lowest BCUT2D eigenvalue weighted by molar-refractivity contribution is 0.415. The zero-order valence-corrected chi connectivity index (χ0v) is 14.7. The van der Waals surface area contributed by atoms with Crippen molar-refractivity contribution < 1.29 is 8.42 Å². The average Bonchev–Trinajstić information content (AvgIpc) is 2.60. The lowest BCUT2D eigenvalue weighted by Gasteiger charge is -2.22. The molecule has 0 aromatic heterocycles. The fraction of sp³-hybridized carbons (Fsp3) is 0.500. The SMILES string of the molecule is CC1(C)CCN(S(=O)(=O)c2ccc(C(N)=S)cc2)CCS1. The van der Waals surface area contributed by atoms with Crippen LogP contribution < -0.4 is 5.73 Å². The Morgan fingerprint density at radius 3 is 2.48 bits per heavy atom. The van der Waals surface area contributed by atoms with Crippen LogP contribution in [0.1, 0.15) is 25.8 Å². The molecule has 0 spiro atoms. The highest BCUT2D eigenvalue weighted by atomic mass is 32.2. The highest BCUT2D eigenvalue weighted by molar-refractivity contribution is 8.00. The quantitative estimate of drug-likeness (QED) is 0.852. The monoisotopic (exact) mass is 344 g/mol. The normalized spacial score (nSPS) is 19.9. The molecule has 0 bridgehead atoms. The second kappa shape index (κ2) is 6.24. The molecular weight excluding hydrogens is 324 g/mol. The lowest BCUT2D eigenvalue weighted by atomic mass is 10.1. The topological polar surface area (TPSA) is 63.4 Å². The molecule has 2 N–H and O–H groups in total. The summed E-state index contributed by atoms with van der Waals surface area (Å²) in [5, 5.41) is 0. The van der Waals surface area contributed by atoms with Crippen molar-refractivity contribution in [2.24, 2.45) is 5.73 Å². The largest absolute Gasteiger partial charge is 0.389 e. The fourth-order valence-electron chi connectivity index (χ4n) is 2.18. The Morgan fingerprint density at radius 2 is 1.90 bits per heavy atom. The van der Waals surface area contributed by atoms with E-state index in [2.05, 4.69) is 13.8 Å². The van der Waals surface area contributed by atoms with Gasteiger partial charge in [0, 0.05) is 29.2 Å². The van der Waals surface area contributed by atoms with Crippen molar-refractivity contribution >= 4 is 39.0 Å². The molecule has 1 saturated heterocycles. The number of hydrogen-bond acceptors (Lipinski definition) is 4. The summed E-state index contributed by atoms with van der Waals surface area (Å²) in [6, 6.07) is 6.47. The minimum absolute atomic E-state index is 0.125. The van der Waals surface area contributed by atoms with Crippen LogP contribution in [0.15, 0.2) is 29.2 Å². The van der Waals surface area contributed by atoms with Crippen LogP contribution in [0, 0.1) is 0 Å². The first-order valence-corrected chi connectivity index (χ1v) is 9.60. The first kappa shape index (κ1) is 16.7. The van der Waals surface area contributed by atoms with Crippen molar-refractivity contribution in [2.45, 2.75) is 29.9 Å². The molecule has 0 saturated carbocycles. The first-order chi connectivity index (χ1) is 9.72. The highest BCUT2D eigenvalue weighted by Gasteiger charge is 2.30. The van der Waals surface area contributed by atoms with Gasteiger partial charge in [0.05, 0.1) is 4.90 Å². The molecule has 0 radical (unpaired) electrons. The van der Waals surface area contributed by atoms with Crippen molar-refractivity contribution in [3.8, 4) is 0 Å². The molecular formula is C14H20N2O2S3. The maximum Gasteiger partial charge on any atom is 0.243 e. The Bertz CT molecular complexity index is 624. The molecule has 116 valence electrons. The molecule has 1 aliphatic heterocycles. The van der Waals surface area contributed by atoms with Crippen molar-refractivity contribution in [3.63, 3.8) is 0 Å². The van der Waals surface area contributed by atoms with Gasteiger partial charge in [-0.15, -0.1) is 0 Å². The number of benzene rings is 1. The van der Waals surface area contributed by atoms with Crippen molar-refractivity contribution in [3.05, 3.63) is 29.8 Å². The molecule has 21 heavy (non-hydrogen) atoms. The van der Waals surface area contributed by atoms with Gasteiger partial charge < -0.3 is 5.73 Å². The summed E-state index contributed by atoms with van der Waals surface area (Å²) < 4.78 is 27.1. The van der Waals surface area contributed by atoms with Gasteiger partial charge >= 0.3 is 0 Å². The van der Waals surface area contributed by atoms with Crippen LogP contribution >= 0.6 is 24.0 Å². The van der Waals surface area contributed by atoms with E-state index in [1.54, 1.807) is 28.6 Å². The summed E-state index contributed by atoms with van der Waals surface area (Å²) in [6.07, 6.45) is 0.849. The Morgan fingerprint density at radius 1 is 1.29 bits per heavy atom. The summed E-state index contributed by atoms with van der Waals surface area (Å²) in [4.78, 5) is 0.569. The van der Waals surface area contributed by atoms with Crippen molar-refractivity contribution in [2.75, 3.05) is 18.8 Å². The number of nitrogens with two attached hydrogens (primary N) is 1. The van der Waals surface area contributed by atoms with E-state index in [1.807, 2.05) is 11.8 Å². The zero-order valence-electron chi connectivity index (χ0n) is 12.2. The highest BCUT2D eigenvalue weighted by Crippen LogP contribution is 2.32. The summed E-state index contributed by atoms with van der Waals surface area (Å²) >= 11 is 6.71. The molecule has 4 nitrogen and oxygen atoms in total. The van der Waals surface area contributed by atoms with E-state index in [-0.39, 0.29) is 9.74 Å². The third-order valence-corrected chi connectivity index (χ3v) is 7.09. The third-order valence-electron chi connectivity index (χ3n) is 3.57. The van der Waals surface area contributed by atoms with Crippen LogP contribution in [-0.4, -0.2) is 41.3 Å². The van der Waals surface area contributed by atoms with Gasteiger partial charge in [0.25, 0.3) is 0 Å². The number of nitrogens with zero attached hydrogens (tertiary/aromatic N) is 1. The summed E-state index contributed by atoms with van der Waals surface area (Å²) in [6.45, 7) is 5.42. The summed E-state index contributed by atoms with van der Waals surface area (Å²) in [5.41, 5.74) is 6.21. The molecule has 1 aromatic carbocycles. The van der Waals surface area contributed by atoms with E-state index in [9.17, 15) is 8.42 Å². The van der Waals surface area contributed by atoms with Crippen LogP contribution in [0.2, 0.25) is 0 Å². The van der Waals surface area contributed by atoms with Crippen LogP contribution in [-0.2, 0) is 10.0 Å². The van der Waals surface area contributed by atoms with Gasteiger partial charge in [-0.1, -0.05) is 38.2 Å². The van der Waals surface area contributed by atoms with Gasteiger partial charge in [-0.3, -0.25) is 0 Å². The second-order valence-electron chi connectivity index (χ2n) is 5.65. The van der Waals surface area contributed by atoms with Crippen LogP contribution in [0.3, 0.4) is 0 Å². The number of thioether (sulfide) groups is 1. The minimum atomic E-state index is -3.44. The van der Waals surface area contributed by atoms with Gasteiger partial charge in [-0.05, 0) is 18.6 Å². The van der Waals surface area contributed by atoms with Crippen LogP contribution in [0.25, 0.3) is 0 Å². The number of thiocarbonyl (C=S) groups is 1. The maximum absolute atomic E-state index is 12.7. The van der Waals surface area contributed by atoms with E-state index < -0.39 is 10.0 Å². The van der Waals surface area contributed by atoms with Crippen LogP contribution in [0.5, 0.6) is 0 Å². The van der Waals surface area contributed by atoms with Gasteiger partial charge in [-0.25, -0.2) is 8.42 Å². The van der Waals surface area contributed by atoms with Gasteiger partial charge in [0.1, 0.15) is 4.99 Å². The van der Waals surface area contributed by atoms with E-state index in [0.29, 0.717) is 23.5 Å². The van der Waals surface area contributed by atoms with E-state index >= 15 is 0 Å². The molecule has 0 amide bonds. The Hall–Kier alpha value is -0.630. The van der Waals surface area contributed by atoms with Gasteiger partial charge in [-0.2, -0.15) is 16.1 Å². The van der Waals surface area contributed by atoms with E-state index in [0.717, 1.165) is 12.2 Å². The van der Waals surface area contributed by atoms with Crippen molar-refractivity contribution in [1.82, 2.24) is 4.31 Å². The number of rotatable bonds is 3. The lowest BCUT2D eigenvalue weighted by Crippen LogP contribution is -2.33. The van der Waals surface area contributed by atoms with E-state index in [4.69, 9.17) is 18.0 Å². The number of sulfonamides is 1. The van der Waals surface area contributed by atoms with Gasteiger partial charge in [0.15, 0.2) is 0 Å². The van der Waals surface area contributed by atoms with Crippen LogP contribution in [0.4, 0.5) is 0 Å². The molecule has 1 aliphatic rings. The molecule has 1 fully saturated rings. The molecule has 2 rings (SSSR count). The first-order valence-electron chi connectivity index (χ1n) is 6.76. The molecule has 7 heteroatoms. The zero-order chi connectivity index (χ0) is 15.7. The number of hydrogen-bond donors (Lipinski definition) is 1. The standard InChI is InChI=1S/C14H20N2O2S3/c1-14(2)7-8-16(9-10-20-14)21(17,18)12-5-3-11(4-6-12)13(15)19/h3-6H,7-10H2,1-2H3,(H2,15,19). The summed E-state index contributed by atoms with van der Waals surface area (Å²) in [7, 11) is -3.44. The Balaban J connectivity index is 2.23. The molecule has 1 aromatic rings. The predicted molar refractivity (Wildman–Crippen MR) is 92.2 cm³/mol. The predicted octanol–water partition coefficient (Wildman–Crippen LogP) is 2.23. The maximum atomic E-state index is 12.7. The van der Waals surface area contributed by atoms with Gasteiger partial charge in [0.2, 0.25) is 10.0 Å². The molecule has 0 unspecified atom stereocenters. The molecule has 1 heterocycles. The van der Waals surface area contributed by atoms with E-state index in [1.165, 1.54) is 0 Å². The second-order valence-corrected chi connectivity index (χ2v) is 9.83.